The zero-order chi connectivity index (χ0) is 19.3. The summed E-state index contributed by atoms with van der Waals surface area (Å²) in [6.07, 6.45) is 0.00162. The fourth-order valence-electron chi connectivity index (χ4n) is 2.16. The van der Waals surface area contributed by atoms with Gasteiger partial charge in [-0.1, -0.05) is 43.8 Å². The minimum Gasteiger partial charge on any atom is -0.504 e. The number of phenolic OH excluding ortho intramolecular Hbond substituents is 3. The molecule has 2 rings (SSSR count). The topological polar surface area (TPSA) is 113 Å². The molecule has 0 spiro atoms. The number of rotatable bonds is 7. The predicted molar refractivity (Wildman–Crippen MR) is 92.3 cm³/mol. The monoisotopic (exact) mass is 358 g/mol. The van der Waals surface area contributed by atoms with E-state index in [-0.39, 0.29) is 17.5 Å². The molecule has 0 radical (unpaired) electrons. The standard InChI is InChI=1S/C19H18O7/c1-3-14(21)25-15(4-2)26-19-13(20)10-12(17(23)18(19)24)16(22)11-8-6-5-7-9-11/h3,5-10,15,20,23-24H,1,4H2,2H3. The number of esters is 1. The molecule has 1 unspecified atom stereocenters. The third-order valence-electron chi connectivity index (χ3n) is 3.49. The van der Waals surface area contributed by atoms with E-state index in [0.29, 0.717) is 0 Å². The van der Waals surface area contributed by atoms with E-state index in [4.69, 9.17) is 9.47 Å². The van der Waals surface area contributed by atoms with Gasteiger partial charge in [0, 0.05) is 18.1 Å². The molecule has 2 aromatic carbocycles. The summed E-state index contributed by atoms with van der Waals surface area (Å²) in [5.41, 5.74) is -0.0312. The summed E-state index contributed by atoms with van der Waals surface area (Å²) in [7, 11) is 0. The van der Waals surface area contributed by atoms with Gasteiger partial charge in [0.05, 0.1) is 5.56 Å². The van der Waals surface area contributed by atoms with Crippen molar-refractivity contribution >= 4 is 11.8 Å². The smallest absolute Gasteiger partial charge is 0.333 e. The lowest BCUT2D eigenvalue weighted by atomic mass is 10.0. The normalized spacial score (nSPS) is 11.4. The summed E-state index contributed by atoms with van der Waals surface area (Å²) in [4.78, 5) is 23.7. The van der Waals surface area contributed by atoms with Crippen LogP contribution >= 0.6 is 0 Å². The zero-order valence-corrected chi connectivity index (χ0v) is 14.0. The average Bonchev–Trinajstić information content (AvgIpc) is 2.66. The maximum absolute atomic E-state index is 12.4. The summed E-state index contributed by atoms with van der Waals surface area (Å²) in [6.45, 7) is 4.90. The third-order valence-corrected chi connectivity index (χ3v) is 3.49. The predicted octanol–water partition coefficient (Wildman–Crippen LogP) is 2.88. The minimum absolute atomic E-state index is 0.198. The van der Waals surface area contributed by atoms with Crippen molar-refractivity contribution in [1.29, 1.82) is 0 Å². The van der Waals surface area contributed by atoms with Crippen LogP contribution in [0.2, 0.25) is 0 Å². The first kappa shape index (κ1) is 18.9. The number of carbonyl (C=O) groups is 2. The van der Waals surface area contributed by atoms with Gasteiger partial charge in [-0.3, -0.25) is 4.79 Å². The fraction of sp³-hybridized carbons (Fsp3) is 0.158. The van der Waals surface area contributed by atoms with Gasteiger partial charge in [0.2, 0.25) is 17.8 Å². The lowest BCUT2D eigenvalue weighted by Gasteiger charge is -2.19. The van der Waals surface area contributed by atoms with Crippen LogP contribution < -0.4 is 4.74 Å². The Hall–Kier alpha value is -3.48. The molecule has 7 heteroatoms. The van der Waals surface area contributed by atoms with Crippen molar-refractivity contribution in [3.63, 3.8) is 0 Å². The van der Waals surface area contributed by atoms with Gasteiger partial charge in [-0.05, 0) is 6.07 Å². The summed E-state index contributed by atoms with van der Waals surface area (Å²) < 4.78 is 10.2. The van der Waals surface area contributed by atoms with Gasteiger partial charge in [0.15, 0.2) is 17.3 Å². The van der Waals surface area contributed by atoms with E-state index >= 15 is 0 Å². The van der Waals surface area contributed by atoms with Crippen LogP contribution in [0, 0.1) is 0 Å². The maximum atomic E-state index is 12.4. The molecule has 0 aliphatic carbocycles. The zero-order valence-electron chi connectivity index (χ0n) is 14.0. The van der Waals surface area contributed by atoms with E-state index < -0.39 is 41.0 Å². The molecule has 2 aromatic rings. The maximum Gasteiger partial charge on any atom is 0.333 e. The van der Waals surface area contributed by atoms with Crippen molar-refractivity contribution in [2.24, 2.45) is 0 Å². The Morgan fingerprint density at radius 1 is 1.15 bits per heavy atom. The molecule has 0 amide bonds. The highest BCUT2D eigenvalue weighted by Gasteiger charge is 2.25. The van der Waals surface area contributed by atoms with E-state index in [1.807, 2.05) is 0 Å². The number of hydrogen-bond acceptors (Lipinski definition) is 7. The van der Waals surface area contributed by atoms with Crippen molar-refractivity contribution < 1.29 is 34.4 Å². The van der Waals surface area contributed by atoms with E-state index in [1.165, 1.54) is 12.1 Å². The Balaban J connectivity index is 2.37. The molecule has 0 bridgehead atoms. The molecule has 136 valence electrons. The Labute approximate surface area is 149 Å². The van der Waals surface area contributed by atoms with Crippen LogP contribution in [-0.2, 0) is 9.53 Å². The molecular weight excluding hydrogens is 340 g/mol. The first-order valence-electron chi connectivity index (χ1n) is 7.76. The molecule has 7 nitrogen and oxygen atoms in total. The second-order valence-corrected chi connectivity index (χ2v) is 5.26. The molecule has 0 aliphatic heterocycles. The van der Waals surface area contributed by atoms with Gasteiger partial charge in [-0.2, -0.15) is 0 Å². The van der Waals surface area contributed by atoms with Crippen LogP contribution in [0.4, 0.5) is 0 Å². The molecule has 0 fully saturated rings. The van der Waals surface area contributed by atoms with Crippen molar-refractivity contribution in [3.8, 4) is 23.0 Å². The summed E-state index contributed by atoms with van der Waals surface area (Å²) >= 11 is 0. The number of benzene rings is 2. The molecule has 0 aliphatic rings. The Morgan fingerprint density at radius 2 is 1.81 bits per heavy atom. The molecule has 0 saturated carbocycles. The second-order valence-electron chi connectivity index (χ2n) is 5.26. The van der Waals surface area contributed by atoms with Crippen molar-refractivity contribution in [3.05, 3.63) is 60.2 Å². The van der Waals surface area contributed by atoms with E-state index in [9.17, 15) is 24.9 Å². The summed E-state index contributed by atoms with van der Waals surface area (Å²) in [5.74, 6) is -4.03. The fourth-order valence-corrected chi connectivity index (χ4v) is 2.16. The third kappa shape index (κ3) is 3.94. The van der Waals surface area contributed by atoms with Gasteiger partial charge in [0.1, 0.15) is 0 Å². The van der Waals surface area contributed by atoms with E-state index in [1.54, 1.807) is 25.1 Å². The summed E-state index contributed by atoms with van der Waals surface area (Å²) in [6, 6.07) is 9.03. The molecule has 0 aromatic heterocycles. The number of carbonyl (C=O) groups excluding carboxylic acids is 2. The minimum atomic E-state index is -1.13. The second kappa shape index (κ2) is 8.06. The first-order valence-corrected chi connectivity index (χ1v) is 7.76. The van der Waals surface area contributed by atoms with Crippen LogP contribution in [0.1, 0.15) is 29.3 Å². The summed E-state index contributed by atoms with van der Waals surface area (Å²) in [5, 5.41) is 30.4. The first-order chi connectivity index (χ1) is 12.4. The lowest BCUT2D eigenvalue weighted by molar-refractivity contribution is -0.158. The van der Waals surface area contributed by atoms with Crippen LogP contribution in [0.15, 0.2) is 49.1 Å². The number of hydrogen-bond donors (Lipinski definition) is 3. The largest absolute Gasteiger partial charge is 0.504 e. The molecule has 1 atom stereocenters. The number of phenols is 3. The van der Waals surface area contributed by atoms with Crippen LogP contribution in [0.3, 0.4) is 0 Å². The Morgan fingerprint density at radius 3 is 2.38 bits per heavy atom. The van der Waals surface area contributed by atoms with Gasteiger partial charge in [0.25, 0.3) is 0 Å². The van der Waals surface area contributed by atoms with Gasteiger partial charge in [-0.15, -0.1) is 0 Å². The van der Waals surface area contributed by atoms with E-state index in [0.717, 1.165) is 12.1 Å². The quantitative estimate of drug-likeness (QED) is 0.174. The van der Waals surface area contributed by atoms with E-state index in [2.05, 4.69) is 6.58 Å². The molecule has 26 heavy (non-hydrogen) atoms. The number of aromatic hydroxyl groups is 3. The molecule has 0 saturated heterocycles. The van der Waals surface area contributed by atoms with Gasteiger partial charge >= 0.3 is 5.97 Å². The van der Waals surface area contributed by atoms with Crippen LogP contribution in [0.5, 0.6) is 23.0 Å². The van der Waals surface area contributed by atoms with Gasteiger partial charge < -0.3 is 24.8 Å². The molecular formula is C19H18O7. The highest BCUT2D eigenvalue weighted by atomic mass is 16.7. The molecule has 3 N–H and O–H groups in total. The van der Waals surface area contributed by atoms with Gasteiger partial charge in [-0.25, -0.2) is 4.79 Å². The SMILES string of the molecule is C=CC(=O)OC(CC)Oc1c(O)cc(C(=O)c2ccccc2)c(O)c1O. The van der Waals surface area contributed by atoms with Crippen LogP contribution in [-0.4, -0.2) is 33.4 Å². The number of ether oxygens (including phenoxy) is 2. The molecule has 0 heterocycles. The lowest BCUT2D eigenvalue weighted by Crippen LogP contribution is -2.22. The van der Waals surface area contributed by atoms with Crippen molar-refractivity contribution in [2.75, 3.05) is 0 Å². The Bertz CT molecular complexity index is 828. The highest BCUT2D eigenvalue weighted by molar-refractivity contribution is 6.11. The van der Waals surface area contributed by atoms with Crippen molar-refractivity contribution in [2.45, 2.75) is 19.6 Å². The highest BCUT2D eigenvalue weighted by Crippen LogP contribution is 2.46. The van der Waals surface area contributed by atoms with Crippen molar-refractivity contribution in [1.82, 2.24) is 0 Å². The Kier molecular flexibility index (Phi) is 5.85. The number of ketones is 1. The van der Waals surface area contributed by atoms with Crippen LogP contribution in [0.25, 0.3) is 0 Å². The average molecular weight is 358 g/mol.